The van der Waals surface area contributed by atoms with Crippen molar-refractivity contribution in [1.29, 1.82) is 0 Å². The normalized spacial score (nSPS) is 11.3. The van der Waals surface area contributed by atoms with E-state index in [-0.39, 0.29) is 28.3 Å². The predicted octanol–water partition coefficient (Wildman–Crippen LogP) is 3.96. The summed E-state index contributed by atoms with van der Waals surface area (Å²) < 4.78 is 33.6. The maximum atomic E-state index is 13.8. The highest BCUT2D eigenvalue weighted by atomic mass is 35.5. The summed E-state index contributed by atoms with van der Waals surface area (Å²) in [4.78, 5) is 35.5. The van der Waals surface area contributed by atoms with Crippen LogP contribution in [0.5, 0.6) is 0 Å². The van der Waals surface area contributed by atoms with Crippen molar-refractivity contribution in [3.8, 4) is 0 Å². The number of hydrogen-bond donors (Lipinski definition) is 2. The third kappa shape index (κ3) is 5.65. The van der Waals surface area contributed by atoms with E-state index in [1.807, 2.05) is 0 Å². The summed E-state index contributed by atoms with van der Waals surface area (Å²) in [6.45, 7) is 1.08. The predicted molar refractivity (Wildman–Crippen MR) is 138 cm³/mol. The van der Waals surface area contributed by atoms with E-state index >= 15 is 0 Å². The number of fused-ring (bicyclic) bond motifs is 1. The van der Waals surface area contributed by atoms with Crippen molar-refractivity contribution in [3.05, 3.63) is 105 Å². The number of nitrogens with one attached hydrogen (secondary N) is 1. The van der Waals surface area contributed by atoms with Gasteiger partial charge in [-0.05, 0) is 66.6 Å². The molecule has 0 radical (unpaired) electrons. The molecule has 2 N–H and O–H groups in total. The van der Waals surface area contributed by atoms with Gasteiger partial charge < -0.3 is 14.8 Å². The molecular formula is C26H21ClN2O7S. The molecule has 0 spiro atoms. The zero-order valence-electron chi connectivity index (χ0n) is 19.5. The molecule has 1 aromatic heterocycles. The summed E-state index contributed by atoms with van der Waals surface area (Å²) in [5, 5.41) is 12.5. The Hall–Kier alpha value is -4.15. The monoisotopic (exact) mass is 540 g/mol. The summed E-state index contributed by atoms with van der Waals surface area (Å²) in [6, 6.07) is 17.5. The van der Waals surface area contributed by atoms with Crippen LogP contribution in [-0.4, -0.2) is 31.9 Å². The van der Waals surface area contributed by atoms with Gasteiger partial charge in [0, 0.05) is 23.0 Å². The Labute approximate surface area is 217 Å². The second kappa shape index (κ2) is 10.5. The summed E-state index contributed by atoms with van der Waals surface area (Å²) in [5.74, 6) is -1.72. The van der Waals surface area contributed by atoms with Crippen molar-refractivity contribution in [1.82, 2.24) is 5.32 Å². The number of nitrogens with zero attached hydrogens (tertiary/aromatic N) is 1. The van der Waals surface area contributed by atoms with Crippen LogP contribution in [0.2, 0.25) is 5.02 Å². The van der Waals surface area contributed by atoms with Crippen LogP contribution >= 0.6 is 11.6 Å². The molecule has 3 aromatic carbocycles. The van der Waals surface area contributed by atoms with Crippen molar-refractivity contribution >= 4 is 50.2 Å². The molecule has 0 fully saturated rings. The quantitative estimate of drug-likeness (QED) is 0.323. The van der Waals surface area contributed by atoms with Crippen LogP contribution in [0.1, 0.15) is 21.5 Å². The topological polar surface area (TPSA) is 134 Å². The number of carbonyl (C=O) groups excluding carboxylic acids is 1. The Bertz CT molecular complexity index is 1680. The van der Waals surface area contributed by atoms with Gasteiger partial charge in [-0.1, -0.05) is 29.8 Å². The van der Waals surface area contributed by atoms with Crippen molar-refractivity contribution in [2.75, 3.05) is 10.8 Å². The van der Waals surface area contributed by atoms with E-state index in [0.717, 1.165) is 4.31 Å². The number of rotatable bonds is 8. The van der Waals surface area contributed by atoms with Crippen LogP contribution in [0.4, 0.5) is 5.69 Å². The Kier molecular flexibility index (Phi) is 7.33. The fraction of sp³-hybridized carbons (Fsp3) is 0.115. The zero-order chi connectivity index (χ0) is 26.7. The third-order valence-electron chi connectivity index (χ3n) is 5.64. The first-order valence-electron chi connectivity index (χ1n) is 11.0. The Balaban J connectivity index is 1.67. The average molecular weight is 541 g/mol. The van der Waals surface area contributed by atoms with Gasteiger partial charge in [0.1, 0.15) is 12.1 Å². The second-order valence-electron chi connectivity index (χ2n) is 8.13. The number of carboxylic acids is 1. The van der Waals surface area contributed by atoms with Crippen LogP contribution in [-0.2, 0) is 21.4 Å². The number of amides is 1. The van der Waals surface area contributed by atoms with Gasteiger partial charge in [-0.15, -0.1) is 0 Å². The van der Waals surface area contributed by atoms with E-state index in [0.29, 0.717) is 21.5 Å². The number of benzene rings is 3. The zero-order valence-corrected chi connectivity index (χ0v) is 21.0. The minimum atomic E-state index is -4.27. The first-order valence-corrected chi connectivity index (χ1v) is 12.8. The SMILES string of the molecule is Cc1c(Cl)cccc1N(CC(=O)NCc1cccc(C(=O)O)c1)S(=O)(=O)c1ccc2oc(=O)ccc2c1. The minimum Gasteiger partial charge on any atom is -0.478 e. The molecule has 0 saturated carbocycles. The molecule has 0 saturated heterocycles. The third-order valence-corrected chi connectivity index (χ3v) is 7.80. The first kappa shape index (κ1) is 25.9. The Morgan fingerprint density at radius 2 is 1.78 bits per heavy atom. The number of aromatic carboxylic acids is 1. The molecule has 0 bridgehead atoms. The molecule has 0 aliphatic rings. The van der Waals surface area contributed by atoms with Gasteiger partial charge >= 0.3 is 11.6 Å². The van der Waals surface area contributed by atoms with Crippen molar-refractivity contribution in [2.24, 2.45) is 0 Å². The smallest absolute Gasteiger partial charge is 0.336 e. The van der Waals surface area contributed by atoms with Gasteiger partial charge in [-0.25, -0.2) is 18.0 Å². The molecule has 0 unspecified atom stereocenters. The van der Waals surface area contributed by atoms with E-state index in [4.69, 9.17) is 21.1 Å². The molecule has 0 aliphatic heterocycles. The van der Waals surface area contributed by atoms with Crippen LogP contribution in [0.15, 0.2) is 86.9 Å². The number of halogens is 1. The molecule has 37 heavy (non-hydrogen) atoms. The van der Waals surface area contributed by atoms with E-state index in [9.17, 15) is 22.8 Å². The highest BCUT2D eigenvalue weighted by Gasteiger charge is 2.29. The Morgan fingerprint density at radius 1 is 1.03 bits per heavy atom. The summed E-state index contributed by atoms with van der Waals surface area (Å²) in [6.07, 6.45) is 0. The second-order valence-corrected chi connectivity index (χ2v) is 10.4. The lowest BCUT2D eigenvalue weighted by molar-refractivity contribution is -0.119. The standard InChI is InChI=1S/C26H21ClN2O7S/c1-16-21(27)6-3-7-22(16)29(15-24(30)28-14-17-4-2-5-19(12-17)26(32)33)37(34,35)20-9-10-23-18(13-20)8-11-25(31)36-23/h2-13H,14-15H2,1H3,(H,28,30)(H,32,33). The molecule has 190 valence electrons. The van der Waals surface area contributed by atoms with Gasteiger partial charge in [0.05, 0.1) is 16.1 Å². The van der Waals surface area contributed by atoms with Crippen LogP contribution in [0.25, 0.3) is 11.0 Å². The lowest BCUT2D eigenvalue weighted by Crippen LogP contribution is -2.41. The van der Waals surface area contributed by atoms with E-state index in [1.54, 1.807) is 37.3 Å². The van der Waals surface area contributed by atoms with Gasteiger partial charge in [0.25, 0.3) is 10.0 Å². The lowest BCUT2D eigenvalue weighted by atomic mass is 10.1. The van der Waals surface area contributed by atoms with Crippen LogP contribution in [0, 0.1) is 6.92 Å². The fourth-order valence-corrected chi connectivity index (χ4v) is 5.39. The number of anilines is 1. The van der Waals surface area contributed by atoms with Crippen molar-refractivity contribution in [3.63, 3.8) is 0 Å². The Morgan fingerprint density at radius 3 is 2.54 bits per heavy atom. The molecule has 1 amide bonds. The number of sulfonamides is 1. The van der Waals surface area contributed by atoms with E-state index in [1.165, 1.54) is 42.5 Å². The lowest BCUT2D eigenvalue weighted by Gasteiger charge is -2.26. The molecule has 9 nitrogen and oxygen atoms in total. The number of hydrogen-bond acceptors (Lipinski definition) is 6. The van der Waals surface area contributed by atoms with Crippen LogP contribution in [0.3, 0.4) is 0 Å². The maximum absolute atomic E-state index is 13.8. The van der Waals surface area contributed by atoms with E-state index < -0.39 is 34.1 Å². The largest absolute Gasteiger partial charge is 0.478 e. The van der Waals surface area contributed by atoms with Gasteiger partial charge in [-0.3, -0.25) is 9.10 Å². The van der Waals surface area contributed by atoms with Gasteiger partial charge in [0.15, 0.2) is 0 Å². The molecular weight excluding hydrogens is 520 g/mol. The molecule has 11 heteroatoms. The highest BCUT2D eigenvalue weighted by Crippen LogP contribution is 2.31. The van der Waals surface area contributed by atoms with Gasteiger partial charge in [0.2, 0.25) is 5.91 Å². The number of carboxylic acid groups (broad SMARTS) is 1. The fourth-order valence-electron chi connectivity index (χ4n) is 3.70. The van der Waals surface area contributed by atoms with Gasteiger partial charge in [-0.2, -0.15) is 0 Å². The summed E-state index contributed by atoms with van der Waals surface area (Å²) in [7, 11) is -4.27. The highest BCUT2D eigenvalue weighted by molar-refractivity contribution is 7.92. The molecule has 4 rings (SSSR count). The molecule has 4 aromatic rings. The van der Waals surface area contributed by atoms with Crippen LogP contribution < -0.4 is 15.2 Å². The molecule has 0 atom stereocenters. The average Bonchev–Trinajstić information content (AvgIpc) is 2.87. The first-order chi connectivity index (χ1) is 17.6. The van der Waals surface area contributed by atoms with E-state index in [2.05, 4.69) is 5.32 Å². The molecule has 0 aliphatic carbocycles. The summed E-state index contributed by atoms with van der Waals surface area (Å²) >= 11 is 6.25. The number of carbonyl (C=O) groups is 2. The molecule has 1 heterocycles. The minimum absolute atomic E-state index is 0.00260. The summed E-state index contributed by atoms with van der Waals surface area (Å²) in [5.41, 5.74) is 0.940. The van der Waals surface area contributed by atoms with Crippen molar-refractivity contribution < 1.29 is 27.5 Å². The van der Waals surface area contributed by atoms with Crippen molar-refractivity contribution in [2.45, 2.75) is 18.4 Å². The maximum Gasteiger partial charge on any atom is 0.336 e.